The number of nitrogens with two attached hydrogens (primary N) is 1. The molecule has 0 aromatic carbocycles. The van der Waals surface area contributed by atoms with E-state index in [9.17, 15) is 9.59 Å². The maximum absolute atomic E-state index is 12.4. The van der Waals surface area contributed by atoms with Gasteiger partial charge in [0.05, 0.1) is 26.3 Å². The molecule has 0 spiro atoms. The summed E-state index contributed by atoms with van der Waals surface area (Å²) in [6.07, 6.45) is 0.459. The smallest absolute Gasteiger partial charge is 0.328 e. The van der Waals surface area contributed by atoms with E-state index in [-0.39, 0.29) is 29.4 Å². The fraction of sp³-hybridized carbons (Fsp3) is 0.529. The van der Waals surface area contributed by atoms with E-state index < -0.39 is 17.9 Å². The number of carbonyl (C=O) groups is 2. The van der Waals surface area contributed by atoms with Gasteiger partial charge in [-0.2, -0.15) is 9.97 Å². The zero-order valence-electron chi connectivity index (χ0n) is 16.0. The summed E-state index contributed by atoms with van der Waals surface area (Å²) < 4.78 is 15.5. The zero-order chi connectivity index (χ0) is 19.9. The number of amides is 2. The normalized spacial score (nSPS) is 11.5. The van der Waals surface area contributed by atoms with Gasteiger partial charge in [-0.05, 0) is 31.8 Å². The summed E-state index contributed by atoms with van der Waals surface area (Å²) in [4.78, 5) is 32.5. The quantitative estimate of drug-likeness (QED) is 0.519. The van der Waals surface area contributed by atoms with Crippen molar-refractivity contribution in [1.29, 1.82) is 0 Å². The van der Waals surface area contributed by atoms with Crippen molar-refractivity contribution in [3.63, 3.8) is 0 Å². The van der Waals surface area contributed by atoms with Gasteiger partial charge in [0.2, 0.25) is 17.7 Å². The lowest BCUT2D eigenvalue weighted by molar-refractivity contribution is -0.130. The zero-order valence-corrected chi connectivity index (χ0v) is 16.0. The van der Waals surface area contributed by atoms with E-state index in [0.717, 1.165) is 0 Å². The summed E-state index contributed by atoms with van der Waals surface area (Å²) in [6.45, 7) is 7.19. The van der Waals surface area contributed by atoms with Gasteiger partial charge in [-0.1, -0.05) is 13.8 Å². The Morgan fingerprint density at radius 3 is 2.12 bits per heavy atom. The van der Waals surface area contributed by atoms with E-state index in [0.29, 0.717) is 12.0 Å². The Hall–Kier alpha value is -2.68. The minimum absolute atomic E-state index is 0.106. The minimum atomic E-state index is -0.787. The molecule has 0 aliphatic rings. The van der Waals surface area contributed by atoms with E-state index in [1.807, 2.05) is 13.8 Å². The van der Waals surface area contributed by atoms with Crippen molar-refractivity contribution in [1.82, 2.24) is 15.3 Å². The van der Waals surface area contributed by atoms with Crippen LogP contribution in [-0.2, 0) is 9.59 Å². The Labute approximate surface area is 152 Å². The Bertz CT molecular complexity index is 661. The van der Waals surface area contributed by atoms with Crippen molar-refractivity contribution in [2.24, 2.45) is 11.7 Å². The van der Waals surface area contributed by atoms with Gasteiger partial charge < -0.3 is 19.9 Å². The SMILES string of the molecule is COc1cc(OC)nc(OC(C(=O)NC(=O)[C@@H](N)CC(C)C)=C(C)C)n1. The molecule has 1 atom stereocenters. The van der Waals surface area contributed by atoms with Gasteiger partial charge in [0.15, 0.2) is 5.76 Å². The van der Waals surface area contributed by atoms with Gasteiger partial charge in [0, 0.05) is 0 Å². The first-order valence-electron chi connectivity index (χ1n) is 8.11. The molecule has 1 aromatic heterocycles. The van der Waals surface area contributed by atoms with Crippen molar-refractivity contribution < 1.29 is 23.8 Å². The number of nitrogens with one attached hydrogen (secondary N) is 1. The third-order valence-corrected chi connectivity index (χ3v) is 3.23. The molecule has 0 saturated heterocycles. The number of rotatable bonds is 8. The summed E-state index contributed by atoms with van der Waals surface area (Å²) in [7, 11) is 2.85. The van der Waals surface area contributed by atoms with Crippen molar-refractivity contribution >= 4 is 11.8 Å². The molecule has 2 amide bonds. The maximum atomic E-state index is 12.4. The van der Waals surface area contributed by atoms with Gasteiger partial charge in [0.1, 0.15) is 0 Å². The average Bonchev–Trinajstić information content (AvgIpc) is 2.58. The monoisotopic (exact) mass is 366 g/mol. The van der Waals surface area contributed by atoms with Gasteiger partial charge in [-0.15, -0.1) is 0 Å². The van der Waals surface area contributed by atoms with Crippen molar-refractivity contribution in [3.05, 3.63) is 17.4 Å². The number of aromatic nitrogens is 2. The molecular formula is C17H26N4O5. The fourth-order valence-corrected chi connectivity index (χ4v) is 1.98. The molecule has 144 valence electrons. The summed E-state index contributed by atoms with van der Waals surface area (Å²) in [6, 6.07) is 0.529. The van der Waals surface area contributed by atoms with Gasteiger partial charge in [-0.3, -0.25) is 14.9 Å². The number of hydrogen-bond donors (Lipinski definition) is 2. The highest BCUT2D eigenvalue weighted by Crippen LogP contribution is 2.21. The molecule has 0 aliphatic carbocycles. The fourth-order valence-electron chi connectivity index (χ4n) is 1.98. The number of methoxy groups -OCH3 is 2. The molecule has 1 aromatic rings. The second kappa shape index (κ2) is 9.71. The molecule has 3 N–H and O–H groups in total. The molecule has 0 aliphatic heterocycles. The Morgan fingerprint density at radius 1 is 1.15 bits per heavy atom. The number of imide groups is 1. The first-order valence-corrected chi connectivity index (χ1v) is 8.11. The molecule has 9 nitrogen and oxygen atoms in total. The van der Waals surface area contributed by atoms with Crippen LogP contribution in [0.3, 0.4) is 0 Å². The lowest BCUT2D eigenvalue weighted by atomic mass is 10.0. The van der Waals surface area contributed by atoms with E-state index in [1.54, 1.807) is 13.8 Å². The second-order valence-electron chi connectivity index (χ2n) is 6.22. The minimum Gasteiger partial charge on any atom is -0.481 e. The van der Waals surface area contributed by atoms with Crippen LogP contribution < -0.4 is 25.3 Å². The van der Waals surface area contributed by atoms with Crippen LogP contribution in [0.1, 0.15) is 34.1 Å². The van der Waals surface area contributed by atoms with Crippen molar-refractivity contribution in [3.8, 4) is 17.8 Å². The Kier molecular flexibility index (Phi) is 7.98. The van der Waals surface area contributed by atoms with Gasteiger partial charge in [-0.25, -0.2) is 0 Å². The Morgan fingerprint density at radius 2 is 1.69 bits per heavy atom. The summed E-state index contributed by atoms with van der Waals surface area (Å²) in [5, 5.41) is 2.24. The molecule has 0 bridgehead atoms. The standard InChI is InChI=1S/C17H26N4O5/c1-9(2)7-11(18)15(22)21-16(23)14(10(3)4)26-17-19-12(24-5)8-13(20-17)25-6/h8-9,11H,7,18H2,1-6H3,(H,21,22,23)/t11-/m0/s1. The van der Waals surface area contributed by atoms with E-state index in [1.165, 1.54) is 20.3 Å². The number of nitrogens with zero attached hydrogens (tertiary/aromatic N) is 2. The van der Waals surface area contributed by atoms with Crippen LogP contribution in [0.4, 0.5) is 0 Å². The molecule has 26 heavy (non-hydrogen) atoms. The highest BCUT2D eigenvalue weighted by molar-refractivity contribution is 6.05. The summed E-state index contributed by atoms with van der Waals surface area (Å²) in [5.41, 5.74) is 6.32. The van der Waals surface area contributed by atoms with Crippen LogP contribution in [0.25, 0.3) is 0 Å². The highest BCUT2D eigenvalue weighted by Gasteiger charge is 2.23. The summed E-state index contributed by atoms with van der Waals surface area (Å²) in [5.74, 6) is -0.770. The van der Waals surface area contributed by atoms with Crippen LogP contribution >= 0.6 is 0 Å². The van der Waals surface area contributed by atoms with Crippen LogP contribution in [0, 0.1) is 5.92 Å². The first-order chi connectivity index (χ1) is 12.2. The molecule has 0 unspecified atom stereocenters. The third-order valence-electron chi connectivity index (χ3n) is 3.23. The third kappa shape index (κ3) is 6.32. The molecule has 0 fully saturated rings. The van der Waals surface area contributed by atoms with Gasteiger partial charge >= 0.3 is 6.01 Å². The number of carbonyl (C=O) groups excluding carboxylic acids is 2. The maximum Gasteiger partial charge on any atom is 0.328 e. The van der Waals surface area contributed by atoms with Crippen LogP contribution in [0.5, 0.6) is 17.8 Å². The first kappa shape index (κ1) is 21.4. The largest absolute Gasteiger partial charge is 0.481 e. The van der Waals surface area contributed by atoms with E-state index in [2.05, 4.69) is 15.3 Å². The molecule has 0 saturated carbocycles. The van der Waals surface area contributed by atoms with E-state index >= 15 is 0 Å². The molecule has 9 heteroatoms. The van der Waals surface area contributed by atoms with E-state index in [4.69, 9.17) is 19.9 Å². The summed E-state index contributed by atoms with van der Waals surface area (Å²) >= 11 is 0. The second-order valence-corrected chi connectivity index (χ2v) is 6.22. The van der Waals surface area contributed by atoms with Crippen LogP contribution in [-0.4, -0.2) is 42.0 Å². The predicted octanol–water partition coefficient (Wildman–Crippen LogP) is 1.18. The topological polar surface area (TPSA) is 126 Å². The molecule has 1 heterocycles. The molecule has 0 radical (unpaired) electrons. The number of hydrogen-bond acceptors (Lipinski definition) is 8. The number of ether oxygens (including phenoxy) is 3. The van der Waals surface area contributed by atoms with Crippen molar-refractivity contribution in [2.45, 2.75) is 40.2 Å². The highest BCUT2D eigenvalue weighted by atomic mass is 16.5. The molecule has 1 rings (SSSR count). The number of allylic oxidation sites excluding steroid dienone is 1. The molecular weight excluding hydrogens is 340 g/mol. The Balaban J connectivity index is 2.95. The van der Waals surface area contributed by atoms with Crippen molar-refractivity contribution in [2.75, 3.05) is 14.2 Å². The predicted molar refractivity (Wildman–Crippen MR) is 94.7 cm³/mol. The van der Waals surface area contributed by atoms with Crippen LogP contribution in [0.2, 0.25) is 0 Å². The van der Waals surface area contributed by atoms with Gasteiger partial charge in [0.25, 0.3) is 5.91 Å². The average molecular weight is 366 g/mol. The van der Waals surface area contributed by atoms with Crippen LogP contribution in [0.15, 0.2) is 17.4 Å². The lowest BCUT2D eigenvalue weighted by Crippen LogP contribution is -2.45. The lowest BCUT2D eigenvalue weighted by Gasteiger charge is -2.15.